The highest BCUT2D eigenvalue weighted by atomic mass is 16.5. The number of carbonyl (C=O) groups excluding carboxylic acids is 2. The maximum atomic E-state index is 11.4. The first-order valence-electron chi connectivity index (χ1n) is 5.85. The van der Waals surface area contributed by atoms with Crippen LogP contribution in [0.1, 0.15) is 12.5 Å². The van der Waals surface area contributed by atoms with Crippen molar-refractivity contribution in [2.45, 2.75) is 13.8 Å². The van der Waals surface area contributed by atoms with Crippen LogP contribution in [0.25, 0.3) is 0 Å². The van der Waals surface area contributed by atoms with E-state index in [4.69, 9.17) is 4.74 Å². The van der Waals surface area contributed by atoms with E-state index in [0.29, 0.717) is 12.3 Å². The van der Waals surface area contributed by atoms with Crippen molar-refractivity contribution in [3.8, 4) is 5.75 Å². The molecule has 2 amide bonds. The van der Waals surface area contributed by atoms with Crippen LogP contribution in [-0.4, -0.2) is 31.5 Å². The zero-order valence-corrected chi connectivity index (χ0v) is 10.7. The summed E-state index contributed by atoms with van der Waals surface area (Å²) in [5.74, 6) is 0.150. The second-order valence-corrected chi connectivity index (χ2v) is 3.78. The molecule has 1 rings (SSSR count). The van der Waals surface area contributed by atoms with Crippen molar-refractivity contribution < 1.29 is 14.3 Å². The largest absolute Gasteiger partial charge is 0.484 e. The zero-order valence-electron chi connectivity index (χ0n) is 10.7. The van der Waals surface area contributed by atoms with Crippen LogP contribution in [0.2, 0.25) is 0 Å². The van der Waals surface area contributed by atoms with Crippen LogP contribution in [0.4, 0.5) is 0 Å². The Bertz CT molecular complexity index is 418. The van der Waals surface area contributed by atoms with Crippen molar-refractivity contribution in [3.05, 3.63) is 29.8 Å². The molecule has 2 N–H and O–H groups in total. The van der Waals surface area contributed by atoms with Gasteiger partial charge in [-0.05, 0) is 25.5 Å². The minimum atomic E-state index is -0.315. The van der Waals surface area contributed by atoms with Gasteiger partial charge in [0.05, 0.1) is 6.54 Å². The number of hydrogen-bond acceptors (Lipinski definition) is 3. The first-order chi connectivity index (χ1) is 8.63. The summed E-state index contributed by atoms with van der Waals surface area (Å²) in [5.41, 5.74) is 0.967. The van der Waals surface area contributed by atoms with E-state index in [2.05, 4.69) is 10.6 Å². The number of para-hydroxylation sites is 1. The number of hydrogen-bond donors (Lipinski definition) is 2. The molecule has 0 radical (unpaired) electrons. The SMILES string of the molecule is CCNC(=O)CNC(=O)COc1ccccc1C. The number of aryl methyl sites for hydroxylation is 1. The van der Waals surface area contributed by atoms with Gasteiger partial charge in [-0.15, -0.1) is 0 Å². The molecule has 0 spiro atoms. The molecular weight excluding hydrogens is 232 g/mol. The lowest BCUT2D eigenvalue weighted by molar-refractivity contribution is -0.127. The van der Waals surface area contributed by atoms with Gasteiger partial charge in [0.15, 0.2) is 6.61 Å². The number of benzene rings is 1. The Morgan fingerprint density at radius 2 is 1.89 bits per heavy atom. The van der Waals surface area contributed by atoms with Gasteiger partial charge >= 0.3 is 0 Å². The summed E-state index contributed by atoms with van der Waals surface area (Å²) in [5, 5.41) is 5.07. The summed E-state index contributed by atoms with van der Waals surface area (Å²) in [7, 11) is 0. The molecule has 0 fully saturated rings. The predicted octanol–water partition coefficient (Wildman–Crippen LogP) is 0.626. The molecule has 0 saturated carbocycles. The smallest absolute Gasteiger partial charge is 0.258 e. The molecule has 0 aromatic heterocycles. The van der Waals surface area contributed by atoms with Crippen LogP contribution >= 0.6 is 0 Å². The van der Waals surface area contributed by atoms with Gasteiger partial charge in [0.1, 0.15) is 5.75 Å². The molecule has 0 atom stereocenters. The fourth-order valence-corrected chi connectivity index (χ4v) is 1.35. The summed E-state index contributed by atoms with van der Waals surface area (Å²) >= 11 is 0. The predicted molar refractivity (Wildman–Crippen MR) is 68.4 cm³/mol. The third kappa shape index (κ3) is 4.86. The summed E-state index contributed by atoms with van der Waals surface area (Å²) in [6, 6.07) is 7.45. The average molecular weight is 250 g/mol. The highest BCUT2D eigenvalue weighted by molar-refractivity contribution is 5.85. The van der Waals surface area contributed by atoms with Gasteiger partial charge in [0.25, 0.3) is 5.91 Å². The number of rotatable bonds is 6. The third-order valence-corrected chi connectivity index (χ3v) is 2.27. The van der Waals surface area contributed by atoms with E-state index >= 15 is 0 Å². The highest BCUT2D eigenvalue weighted by Gasteiger charge is 2.06. The van der Waals surface area contributed by atoms with E-state index in [0.717, 1.165) is 5.56 Å². The van der Waals surface area contributed by atoms with Gasteiger partial charge in [-0.1, -0.05) is 18.2 Å². The first-order valence-corrected chi connectivity index (χ1v) is 5.85. The van der Waals surface area contributed by atoms with E-state index in [1.807, 2.05) is 32.0 Å². The van der Waals surface area contributed by atoms with Crippen molar-refractivity contribution in [2.75, 3.05) is 19.7 Å². The summed E-state index contributed by atoms with van der Waals surface area (Å²) in [6.07, 6.45) is 0. The molecule has 0 saturated heterocycles. The number of amides is 2. The lowest BCUT2D eigenvalue weighted by Crippen LogP contribution is -2.38. The Labute approximate surface area is 107 Å². The Hall–Kier alpha value is -2.04. The molecule has 0 unspecified atom stereocenters. The van der Waals surface area contributed by atoms with Gasteiger partial charge in [-0.3, -0.25) is 9.59 Å². The van der Waals surface area contributed by atoms with Crippen molar-refractivity contribution in [2.24, 2.45) is 0 Å². The second-order valence-electron chi connectivity index (χ2n) is 3.78. The fourth-order valence-electron chi connectivity index (χ4n) is 1.35. The van der Waals surface area contributed by atoms with Crippen molar-refractivity contribution in [1.29, 1.82) is 0 Å². The normalized spacial score (nSPS) is 9.67. The van der Waals surface area contributed by atoms with Gasteiger partial charge in [0.2, 0.25) is 5.91 Å². The van der Waals surface area contributed by atoms with E-state index in [9.17, 15) is 9.59 Å². The average Bonchev–Trinajstić information content (AvgIpc) is 2.36. The van der Waals surface area contributed by atoms with Gasteiger partial charge in [0, 0.05) is 6.54 Å². The number of ether oxygens (including phenoxy) is 1. The molecule has 5 heteroatoms. The quantitative estimate of drug-likeness (QED) is 0.778. The molecule has 18 heavy (non-hydrogen) atoms. The Morgan fingerprint density at radius 3 is 2.56 bits per heavy atom. The Kier molecular flexibility index (Phi) is 5.70. The number of likely N-dealkylation sites (N-methyl/N-ethyl adjacent to an activating group) is 1. The fraction of sp³-hybridized carbons (Fsp3) is 0.385. The van der Waals surface area contributed by atoms with Crippen molar-refractivity contribution in [3.63, 3.8) is 0 Å². The third-order valence-electron chi connectivity index (χ3n) is 2.27. The number of carbonyl (C=O) groups is 2. The van der Waals surface area contributed by atoms with E-state index < -0.39 is 0 Å². The van der Waals surface area contributed by atoms with Crippen molar-refractivity contribution in [1.82, 2.24) is 10.6 Å². The van der Waals surface area contributed by atoms with Crippen LogP contribution in [-0.2, 0) is 9.59 Å². The molecule has 0 heterocycles. The van der Waals surface area contributed by atoms with Crippen LogP contribution in [0.15, 0.2) is 24.3 Å². The van der Waals surface area contributed by atoms with Crippen LogP contribution in [0.3, 0.4) is 0 Å². The lowest BCUT2D eigenvalue weighted by Gasteiger charge is -2.09. The number of nitrogens with one attached hydrogen (secondary N) is 2. The Morgan fingerprint density at radius 1 is 1.17 bits per heavy atom. The first kappa shape index (κ1) is 14.0. The zero-order chi connectivity index (χ0) is 13.4. The molecule has 98 valence electrons. The van der Waals surface area contributed by atoms with E-state index in [-0.39, 0.29) is 25.0 Å². The molecular formula is C13H18N2O3. The second kappa shape index (κ2) is 7.32. The summed E-state index contributed by atoms with van der Waals surface area (Å²) in [4.78, 5) is 22.5. The van der Waals surface area contributed by atoms with Crippen LogP contribution in [0, 0.1) is 6.92 Å². The molecule has 1 aromatic rings. The molecule has 0 bridgehead atoms. The molecule has 0 aliphatic carbocycles. The maximum Gasteiger partial charge on any atom is 0.258 e. The maximum absolute atomic E-state index is 11.4. The standard InChI is InChI=1S/C13H18N2O3/c1-3-14-12(16)8-15-13(17)9-18-11-7-5-4-6-10(11)2/h4-7H,3,8-9H2,1-2H3,(H,14,16)(H,15,17). The van der Waals surface area contributed by atoms with Crippen molar-refractivity contribution >= 4 is 11.8 Å². The minimum Gasteiger partial charge on any atom is -0.484 e. The molecule has 0 aliphatic rings. The minimum absolute atomic E-state index is 0.0240. The Balaban J connectivity index is 2.29. The highest BCUT2D eigenvalue weighted by Crippen LogP contribution is 2.15. The molecule has 0 aliphatic heterocycles. The molecule has 1 aromatic carbocycles. The van der Waals surface area contributed by atoms with Gasteiger partial charge < -0.3 is 15.4 Å². The van der Waals surface area contributed by atoms with Crippen LogP contribution < -0.4 is 15.4 Å². The summed E-state index contributed by atoms with van der Waals surface area (Å²) in [6.45, 7) is 4.16. The van der Waals surface area contributed by atoms with Gasteiger partial charge in [-0.2, -0.15) is 0 Å². The lowest BCUT2D eigenvalue weighted by atomic mass is 10.2. The van der Waals surface area contributed by atoms with E-state index in [1.165, 1.54) is 0 Å². The van der Waals surface area contributed by atoms with Gasteiger partial charge in [-0.25, -0.2) is 0 Å². The topological polar surface area (TPSA) is 67.4 Å². The monoisotopic (exact) mass is 250 g/mol. The van der Waals surface area contributed by atoms with Crippen LogP contribution in [0.5, 0.6) is 5.75 Å². The van der Waals surface area contributed by atoms with E-state index in [1.54, 1.807) is 6.07 Å². The molecule has 5 nitrogen and oxygen atoms in total. The summed E-state index contributed by atoms with van der Waals surface area (Å²) < 4.78 is 5.35.